The van der Waals surface area contributed by atoms with E-state index in [1.54, 1.807) is 31.2 Å². The number of benzodiazepines with no additional fused rings is 1. The number of aliphatic imine (C=N–C) groups is 1. The number of carbonyl (C=O) groups is 4. The van der Waals surface area contributed by atoms with E-state index in [1.807, 2.05) is 0 Å². The Bertz CT molecular complexity index is 1470. The van der Waals surface area contributed by atoms with Crippen LogP contribution < -0.4 is 21.1 Å². The molecule has 1 aliphatic heterocycles. The van der Waals surface area contributed by atoms with Crippen molar-refractivity contribution < 1.29 is 55.0 Å². The normalized spacial score (nSPS) is 15.8. The predicted octanol–water partition coefficient (Wildman–Crippen LogP) is 4.85. The number of fused-ring (bicyclic) bond motifs is 1. The Morgan fingerprint density at radius 1 is 1.09 bits per heavy atom. The van der Waals surface area contributed by atoms with Crippen LogP contribution in [0.25, 0.3) is 0 Å². The molecule has 0 radical (unpaired) electrons. The van der Waals surface area contributed by atoms with Crippen LogP contribution in [0.3, 0.4) is 0 Å². The molecule has 18 heteroatoms. The summed E-state index contributed by atoms with van der Waals surface area (Å²) >= 11 is 0.631. The van der Waals surface area contributed by atoms with Gasteiger partial charge in [-0.1, -0.05) is 37.3 Å². The van der Waals surface area contributed by atoms with Crippen molar-refractivity contribution in [3.63, 3.8) is 0 Å². The number of hydrogen-bond donors (Lipinski definition) is 5. The van der Waals surface area contributed by atoms with E-state index in [1.165, 1.54) is 18.2 Å². The Kier molecular flexibility index (Phi) is 14.2. The number of carboxylic acid groups (broad SMARTS) is 1. The van der Waals surface area contributed by atoms with Crippen molar-refractivity contribution in [2.45, 2.75) is 64.1 Å². The summed E-state index contributed by atoms with van der Waals surface area (Å²) in [5, 5.41) is 13.8. The highest BCUT2D eigenvalue weighted by Gasteiger charge is 2.34. The molecule has 2 aromatic rings. The minimum absolute atomic E-state index is 0.155. The molecule has 47 heavy (non-hydrogen) atoms. The number of aryl methyl sites for hydroxylation is 1. The van der Waals surface area contributed by atoms with Crippen LogP contribution in [0, 0.1) is 18.7 Å². The van der Waals surface area contributed by atoms with Gasteiger partial charge >= 0.3 is 18.3 Å². The third-order valence-corrected chi connectivity index (χ3v) is 7.30. The monoisotopic (exact) mass is 695 g/mol. The number of halogens is 7. The zero-order valence-corrected chi connectivity index (χ0v) is 25.8. The van der Waals surface area contributed by atoms with Gasteiger partial charge in [0.05, 0.1) is 11.4 Å². The maximum atomic E-state index is 14.1. The van der Waals surface area contributed by atoms with E-state index < -0.39 is 85.7 Å². The van der Waals surface area contributed by atoms with E-state index in [2.05, 4.69) is 20.3 Å². The molecule has 3 rings (SSSR count). The number of benzene rings is 2. The van der Waals surface area contributed by atoms with Crippen molar-refractivity contribution in [1.29, 1.82) is 0 Å². The predicted molar refractivity (Wildman–Crippen MR) is 160 cm³/mol. The first kappa shape index (κ1) is 39.0. The third-order valence-electron chi connectivity index (χ3n) is 6.41. The first-order valence-corrected chi connectivity index (χ1v) is 14.9. The van der Waals surface area contributed by atoms with Gasteiger partial charge in [0, 0.05) is 42.1 Å². The van der Waals surface area contributed by atoms with E-state index >= 15 is 0 Å². The Labute approximate surface area is 268 Å². The lowest BCUT2D eigenvalue weighted by Crippen LogP contribution is -2.45. The van der Waals surface area contributed by atoms with Crippen LogP contribution in [0.2, 0.25) is 0 Å². The molecule has 0 aromatic heterocycles. The largest absolute Gasteiger partial charge is 0.480 e. The smallest absolute Gasteiger partial charge is 0.389 e. The second kappa shape index (κ2) is 17.1. The third kappa shape index (κ3) is 13.2. The molecule has 3 amide bonds. The summed E-state index contributed by atoms with van der Waals surface area (Å²) < 4.78 is 87.7. The zero-order valence-electron chi connectivity index (χ0n) is 25.0. The van der Waals surface area contributed by atoms with Crippen molar-refractivity contribution in [2.75, 3.05) is 11.1 Å². The van der Waals surface area contributed by atoms with Crippen molar-refractivity contribution in [3.05, 3.63) is 65.0 Å². The maximum Gasteiger partial charge on any atom is 0.389 e. The van der Waals surface area contributed by atoms with Gasteiger partial charge in [-0.15, -0.1) is 0 Å². The highest BCUT2D eigenvalue weighted by Crippen LogP contribution is 2.29. The van der Waals surface area contributed by atoms with Gasteiger partial charge in [0.2, 0.25) is 18.0 Å². The van der Waals surface area contributed by atoms with Gasteiger partial charge < -0.3 is 26.2 Å². The molecule has 0 saturated carbocycles. The Morgan fingerprint density at radius 3 is 2.30 bits per heavy atom. The van der Waals surface area contributed by atoms with Crippen molar-refractivity contribution in [3.8, 4) is 0 Å². The first-order valence-electron chi connectivity index (χ1n) is 13.9. The number of carbonyl (C=O) groups excluding carboxylic acids is 3. The average molecular weight is 696 g/mol. The SMILES string of the molecule is CCC(F)(F)F.Cc1cccc2c1NC(=O)C(NC(=O)C(CCC(F)(F)F)CC(=O)NSCC(N)C(=O)O)N=C2c1cccc(F)c1. The van der Waals surface area contributed by atoms with Gasteiger partial charge in [0.15, 0.2) is 0 Å². The van der Waals surface area contributed by atoms with Gasteiger partial charge in [-0.25, -0.2) is 9.38 Å². The summed E-state index contributed by atoms with van der Waals surface area (Å²) in [6.45, 7) is 2.80. The molecule has 3 atom stereocenters. The number of amides is 3. The van der Waals surface area contributed by atoms with Gasteiger partial charge in [-0.2, -0.15) is 26.3 Å². The molecule has 1 aliphatic rings. The standard InChI is InChI=1S/C26H27F4N5O5S.C3H5F3/c1-13-4-2-7-17-20(13)33-24(38)22(32-21(17)14-5-3-6-16(27)10-14)34-23(37)15(8-9-26(28,29)30)11-19(36)35-41-12-18(31)25(39)40;1-2-3(4,5)6/h2-7,10,15,18,22H,8-9,11-12,31H2,1H3,(H,33,38)(H,34,37)(H,35,36)(H,39,40);2H2,1H3. The highest BCUT2D eigenvalue weighted by atomic mass is 32.2. The Balaban J connectivity index is 0.00000117. The van der Waals surface area contributed by atoms with Gasteiger partial charge in [-0.3, -0.25) is 19.2 Å². The van der Waals surface area contributed by atoms with Crippen LogP contribution in [-0.4, -0.2) is 64.8 Å². The molecular formula is C29H32F7N5O5S. The molecule has 2 aromatic carbocycles. The number of carboxylic acids is 1. The molecule has 0 fully saturated rings. The lowest BCUT2D eigenvalue weighted by Gasteiger charge is -2.20. The molecule has 0 aliphatic carbocycles. The number of nitrogens with two attached hydrogens (primary N) is 1. The number of anilines is 1. The number of para-hydroxylation sites is 1. The second-order valence-electron chi connectivity index (χ2n) is 10.2. The number of nitrogens with one attached hydrogen (secondary N) is 3. The van der Waals surface area contributed by atoms with Crippen LogP contribution >= 0.6 is 11.9 Å². The Morgan fingerprint density at radius 2 is 1.72 bits per heavy atom. The van der Waals surface area contributed by atoms with E-state index in [0.29, 0.717) is 28.8 Å². The van der Waals surface area contributed by atoms with Crippen molar-refractivity contribution in [2.24, 2.45) is 16.6 Å². The number of aliphatic carboxylic acids is 1. The van der Waals surface area contributed by atoms with Crippen molar-refractivity contribution in [1.82, 2.24) is 10.0 Å². The fourth-order valence-electron chi connectivity index (χ4n) is 3.91. The van der Waals surface area contributed by atoms with Gasteiger partial charge in [-0.05, 0) is 43.0 Å². The molecule has 0 saturated heterocycles. The average Bonchev–Trinajstić information content (AvgIpc) is 3.11. The maximum absolute atomic E-state index is 14.1. The fraction of sp³-hybridized carbons (Fsp3) is 0.414. The Hall–Kier alpha value is -4.19. The summed E-state index contributed by atoms with van der Waals surface area (Å²) in [6.07, 6.45) is -13.8. The number of hydrogen-bond acceptors (Lipinski definition) is 7. The minimum atomic E-state index is -4.63. The zero-order chi connectivity index (χ0) is 35.5. The van der Waals surface area contributed by atoms with Crippen LogP contribution in [0.15, 0.2) is 47.5 Å². The number of alkyl halides is 6. The van der Waals surface area contributed by atoms with E-state index in [0.717, 1.165) is 6.92 Å². The summed E-state index contributed by atoms with van der Waals surface area (Å²) in [4.78, 5) is 53.8. The summed E-state index contributed by atoms with van der Waals surface area (Å²) in [5.74, 6) is -6.31. The van der Waals surface area contributed by atoms with E-state index in [4.69, 9.17) is 10.8 Å². The van der Waals surface area contributed by atoms with E-state index in [9.17, 15) is 49.9 Å². The quantitative estimate of drug-likeness (QED) is 0.166. The lowest BCUT2D eigenvalue weighted by molar-refractivity contribution is -0.143. The molecule has 6 N–H and O–H groups in total. The summed E-state index contributed by atoms with van der Waals surface area (Å²) in [5.41, 5.74) is 7.24. The lowest BCUT2D eigenvalue weighted by atomic mass is 9.97. The molecule has 1 heterocycles. The highest BCUT2D eigenvalue weighted by molar-refractivity contribution is 7.98. The van der Waals surface area contributed by atoms with E-state index in [-0.39, 0.29) is 17.0 Å². The van der Waals surface area contributed by atoms with Crippen LogP contribution in [0.1, 0.15) is 49.3 Å². The van der Waals surface area contributed by atoms with Crippen molar-refractivity contribution >= 4 is 47.0 Å². The fourth-order valence-corrected chi connectivity index (χ4v) is 4.56. The molecule has 3 unspecified atom stereocenters. The molecule has 258 valence electrons. The van der Waals surface area contributed by atoms with Gasteiger partial charge in [0.25, 0.3) is 5.91 Å². The second-order valence-corrected chi connectivity index (χ2v) is 11.0. The van der Waals surface area contributed by atoms with Crippen LogP contribution in [0.4, 0.5) is 36.4 Å². The number of nitrogens with zero attached hydrogens (tertiary/aromatic N) is 1. The minimum Gasteiger partial charge on any atom is -0.480 e. The molecular weight excluding hydrogens is 663 g/mol. The summed E-state index contributed by atoms with van der Waals surface area (Å²) in [6, 6.07) is 9.14. The molecule has 10 nitrogen and oxygen atoms in total. The molecule has 0 bridgehead atoms. The topological polar surface area (TPSA) is 163 Å². The van der Waals surface area contributed by atoms with Crippen LogP contribution in [0.5, 0.6) is 0 Å². The van der Waals surface area contributed by atoms with Gasteiger partial charge in [0.1, 0.15) is 11.9 Å². The van der Waals surface area contributed by atoms with Crippen LogP contribution in [-0.2, 0) is 19.2 Å². The number of rotatable bonds is 11. The summed E-state index contributed by atoms with van der Waals surface area (Å²) in [7, 11) is 0. The molecule has 0 spiro atoms. The first-order chi connectivity index (χ1) is 21.8.